The lowest BCUT2D eigenvalue weighted by Gasteiger charge is -2.32. The van der Waals surface area contributed by atoms with Gasteiger partial charge < -0.3 is 9.31 Å². The van der Waals surface area contributed by atoms with Crippen molar-refractivity contribution in [3.05, 3.63) is 36.4 Å². The second-order valence-electron chi connectivity index (χ2n) is 5.05. The van der Waals surface area contributed by atoms with Crippen molar-refractivity contribution in [2.75, 3.05) is 0 Å². The van der Waals surface area contributed by atoms with Crippen LogP contribution in [0.15, 0.2) is 36.4 Å². The van der Waals surface area contributed by atoms with Crippen molar-refractivity contribution in [1.82, 2.24) is 0 Å². The minimum absolute atomic E-state index is 0.297. The van der Waals surface area contributed by atoms with Crippen molar-refractivity contribution in [3.8, 4) is 0 Å². The molecule has 0 aromatic heterocycles. The van der Waals surface area contributed by atoms with Gasteiger partial charge in [-0.15, -0.1) is 0 Å². The Morgan fingerprint density at radius 1 is 1.06 bits per heavy atom. The maximum atomic E-state index is 5.86. The van der Waals surface area contributed by atoms with Gasteiger partial charge in [-0.3, -0.25) is 0 Å². The SMILES string of the molecule is C=C(/C=C\C=C/C)B1OC(C)(C)C(C)(C)O1. The van der Waals surface area contributed by atoms with E-state index < -0.39 is 0 Å². The van der Waals surface area contributed by atoms with Crippen LogP contribution in [0, 0.1) is 0 Å². The Kier molecular flexibility index (Phi) is 3.82. The molecular formula is C13H21BO2. The van der Waals surface area contributed by atoms with Gasteiger partial charge in [0, 0.05) is 0 Å². The zero-order valence-electron chi connectivity index (χ0n) is 10.9. The smallest absolute Gasteiger partial charge is 0.399 e. The van der Waals surface area contributed by atoms with E-state index in [2.05, 4.69) is 6.58 Å². The van der Waals surface area contributed by atoms with E-state index >= 15 is 0 Å². The molecule has 0 spiro atoms. The molecule has 0 amide bonds. The molecule has 0 radical (unpaired) electrons. The molecule has 88 valence electrons. The molecule has 0 bridgehead atoms. The molecule has 1 saturated heterocycles. The summed E-state index contributed by atoms with van der Waals surface area (Å²) in [5.74, 6) is 0. The van der Waals surface area contributed by atoms with E-state index in [1.807, 2.05) is 58.9 Å². The zero-order valence-corrected chi connectivity index (χ0v) is 10.9. The first-order valence-electron chi connectivity index (χ1n) is 5.64. The molecule has 0 aromatic carbocycles. The number of hydrogen-bond acceptors (Lipinski definition) is 2. The molecule has 0 unspecified atom stereocenters. The normalized spacial score (nSPS) is 23.4. The van der Waals surface area contributed by atoms with Crippen LogP contribution in [0.1, 0.15) is 34.6 Å². The van der Waals surface area contributed by atoms with Gasteiger partial charge in [0.15, 0.2) is 0 Å². The van der Waals surface area contributed by atoms with Crippen molar-refractivity contribution >= 4 is 7.12 Å². The molecule has 0 saturated carbocycles. The van der Waals surface area contributed by atoms with Crippen LogP contribution in [0.5, 0.6) is 0 Å². The number of allylic oxidation sites excluding steroid dienone is 5. The van der Waals surface area contributed by atoms with Crippen molar-refractivity contribution in [2.45, 2.75) is 45.8 Å². The van der Waals surface area contributed by atoms with Crippen LogP contribution in [0.4, 0.5) is 0 Å². The Balaban J connectivity index is 2.69. The summed E-state index contributed by atoms with van der Waals surface area (Å²) in [6, 6.07) is 0. The standard InChI is InChI=1S/C13H21BO2/c1-7-8-9-10-11(2)14-15-12(3,4)13(5,6)16-14/h7-10H,2H2,1,3-6H3/b8-7-,10-9-. The Bertz CT molecular complexity index is 311. The molecule has 0 N–H and O–H groups in total. The van der Waals surface area contributed by atoms with Crippen LogP contribution in [0.3, 0.4) is 0 Å². The van der Waals surface area contributed by atoms with E-state index in [-0.39, 0.29) is 18.3 Å². The Morgan fingerprint density at radius 3 is 2.00 bits per heavy atom. The van der Waals surface area contributed by atoms with Crippen molar-refractivity contribution in [3.63, 3.8) is 0 Å². The third-order valence-electron chi connectivity index (χ3n) is 3.17. The van der Waals surface area contributed by atoms with Crippen LogP contribution in [-0.2, 0) is 9.31 Å². The molecule has 16 heavy (non-hydrogen) atoms. The summed E-state index contributed by atoms with van der Waals surface area (Å²) in [7, 11) is -0.341. The Morgan fingerprint density at radius 2 is 1.56 bits per heavy atom. The van der Waals surface area contributed by atoms with Crippen LogP contribution in [-0.4, -0.2) is 18.3 Å². The second-order valence-corrected chi connectivity index (χ2v) is 5.05. The zero-order chi connectivity index (χ0) is 12.4. The van der Waals surface area contributed by atoms with Gasteiger partial charge in [-0.25, -0.2) is 0 Å². The summed E-state index contributed by atoms with van der Waals surface area (Å²) in [5, 5.41) is 0. The molecule has 1 aliphatic rings. The molecule has 3 heteroatoms. The Hall–Kier alpha value is -0.795. The van der Waals surface area contributed by atoms with Crippen LogP contribution >= 0.6 is 0 Å². The molecule has 1 aliphatic heterocycles. The summed E-state index contributed by atoms with van der Waals surface area (Å²) in [6.45, 7) is 14.1. The molecule has 2 nitrogen and oxygen atoms in total. The first-order chi connectivity index (χ1) is 7.30. The lowest BCUT2D eigenvalue weighted by molar-refractivity contribution is 0.00578. The third-order valence-corrected chi connectivity index (χ3v) is 3.17. The van der Waals surface area contributed by atoms with Crippen molar-refractivity contribution < 1.29 is 9.31 Å². The van der Waals surface area contributed by atoms with Crippen LogP contribution in [0.25, 0.3) is 0 Å². The van der Waals surface area contributed by atoms with Gasteiger partial charge >= 0.3 is 7.12 Å². The molecule has 1 fully saturated rings. The van der Waals surface area contributed by atoms with Gasteiger partial charge in [0.05, 0.1) is 11.2 Å². The van der Waals surface area contributed by atoms with Crippen molar-refractivity contribution in [2.24, 2.45) is 0 Å². The monoisotopic (exact) mass is 220 g/mol. The third kappa shape index (κ3) is 2.66. The highest BCUT2D eigenvalue weighted by molar-refractivity contribution is 6.55. The van der Waals surface area contributed by atoms with E-state index in [1.165, 1.54) is 0 Å². The van der Waals surface area contributed by atoms with E-state index in [0.29, 0.717) is 0 Å². The maximum absolute atomic E-state index is 5.86. The van der Waals surface area contributed by atoms with Gasteiger partial charge in [0.1, 0.15) is 0 Å². The van der Waals surface area contributed by atoms with E-state index in [1.54, 1.807) is 0 Å². The summed E-state index contributed by atoms with van der Waals surface area (Å²) in [6.07, 6.45) is 7.78. The quantitative estimate of drug-likeness (QED) is 0.536. The highest BCUT2D eigenvalue weighted by atomic mass is 16.7. The first kappa shape index (κ1) is 13.3. The summed E-state index contributed by atoms with van der Waals surface area (Å²) >= 11 is 0. The first-order valence-corrected chi connectivity index (χ1v) is 5.64. The summed E-state index contributed by atoms with van der Waals surface area (Å²) in [4.78, 5) is 0. The van der Waals surface area contributed by atoms with Gasteiger partial charge in [0.25, 0.3) is 0 Å². The van der Waals surface area contributed by atoms with Gasteiger partial charge in [0.2, 0.25) is 0 Å². The minimum atomic E-state index is -0.341. The molecule has 0 aliphatic carbocycles. The highest BCUT2D eigenvalue weighted by Gasteiger charge is 2.51. The van der Waals surface area contributed by atoms with Gasteiger partial charge in [-0.2, -0.15) is 0 Å². The lowest BCUT2D eigenvalue weighted by Crippen LogP contribution is -2.41. The topological polar surface area (TPSA) is 18.5 Å². The van der Waals surface area contributed by atoms with Crippen LogP contribution < -0.4 is 0 Å². The molecule has 1 heterocycles. The van der Waals surface area contributed by atoms with E-state index in [9.17, 15) is 0 Å². The van der Waals surface area contributed by atoms with Crippen LogP contribution in [0.2, 0.25) is 0 Å². The molecule has 1 rings (SSSR count). The fourth-order valence-corrected chi connectivity index (χ4v) is 1.36. The molecular weight excluding hydrogens is 199 g/mol. The number of rotatable bonds is 3. The Labute approximate surface area is 99.2 Å². The summed E-state index contributed by atoms with van der Waals surface area (Å²) in [5.41, 5.74) is 0.251. The predicted molar refractivity (Wildman–Crippen MR) is 69.2 cm³/mol. The predicted octanol–water partition coefficient (Wildman–Crippen LogP) is 3.31. The lowest BCUT2D eigenvalue weighted by atomic mass is 9.79. The maximum Gasteiger partial charge on any atom is 0.494 e. The average molecular weight is 220 g/mol. The molecule has 0 atom stereocenters. The van der Waals surface area contributed by atoms with Gasteiger partial charge in [-0.05, 0) is 40.1 Å². The minimum Gasteiger partial charge on any atom is -0.399 e. The second kappa shape index (κ2) is 4.60. The summed E-state index contributed by atoms with van der Waals surface area (Å²) < 4.78 is 11.7. The average Bonchev–Trinajstić information content (AvgIpc) is 2.36. The number of hydrogen-bond donors (Lipinski definition) is 0. The largest absolute Gasteiger partial charge is 0.494 e. The van der Waals surface area contributed by atoms with E-state index in [0.717, 1.165) is 5.47 Å². The van der Waals surface area contributed by atoms with Crippen molar-refractivity contribution in [1.29, 1.82) is 0 Å². The van der Waals surface area contributed by atoms with Gasteiger partial charge in [-0.1, -0.05) is 30.9 Å². The fraction of sp³-hybridized carbons (Fsp3) is 0.538. The van der Waals surface area contributed by atoms with E-state index in [4.69, 9.17) is 9.31 Å². The highest BCUT2D eigenvalue weighted by Crippen LogP contribution is 2.38. The molecule has 0 aromatic rings. The fourth-order valence-electron chi connectivity index (χ4n) is 1.36.